The van der Waals surface area contributed by atoms with Gasteiger partial charge in [-0.05, 0) is 43.5 Å². The van der Waals surface area contributed by atoms with Gasteiger partial charge in [-0.1, -0.05) is 0 Å². The fourth-order valence-electron chi connectivity index (χ4n) is 4.15. The molecule has 0 aliphatic carbocycles. The van der Waals surface area contributed by atoms with Gasteiger partial charge in [-0.2, -0.15) is 9.47 Å². The normalized spacial score (nSPS) is 27.7. The number of nitrogens with one attached hydrogen (secondary N) is 2. The first kappa shape index (κ1) is 16.9. The molecule has 1 aromatic heterocycles. The number of aliphatic imine (C=N–C) groups is 2. The molecule has 2 atom stereocenters. The number of aromatic nitrogens is 1. The second-order valence-corrected chi connectivity index (χ2v) is 8.25. The Labute approximate surface area is 162 Å². The zero-order valence-corrected chi connectivity index (χ0v) is 16.2. The van der Waals surface area contributed by atoms with Crippen LogP contribution >= 0.6 is 11.5 Å². The van der Waals surface area contributed by atoms with E-state index < -0.39 is 0 Å². The maximum Gasteiger partial charge on any atom is 0.174 e. The van der Waals surface area contributed by atoms with Crippen LogP contribution < -0.4 is 10.6 Å². The van der Waals surface area contributed by atoms with Gasteiger partial charge >= 0.3 is 0 Å². The van der Waals surface area contributed by atoms with Gasteiger partial charge in [-0.25, -0.2) is 4.99 Å². The molecular weight excluding hydrogens is 360 g/mol. The second-order valence-electron chi connectivity index (χ2n) is 7.45. The lowest BCUT2D eigenvalue weighted by Crippen LogP contribution is -2.44. The summed E-state index contributed by atoms with van der Waals surface area (Å²) in [6.45, 7) is 3.87. The highest BCUT2D eigenvalue weighted by atomic mass is 32.1. The molecule has 142 valence electrons. The molecule has 5 rings (SSSR count). The Hall–Kier alpha value is -2.26. The molecule has 0 aromatic carbocycles. The number of nitrogens with zero attached hydrogens (tertiary/aromatic N) is 6. The van der Waals surface area contributed by atoms with E-state index in [1.807, 2.05) is 30.7 Å². The van der Waals surface area contributed by atoms with E-state index in [4.69, 9.17) is 4.99 Å². The minimum Gasteiger partial charge on any atom is -0.328 e. The summed E-state index contributed by atoms with van der Waals surface area (Å²) >= 11 is 1.51. The monoisotopic (exact) mass is 384 g/mol. The van der Waals surface area contributed by atoms with Gasteiger partial charge in [-0.3, -0.25) is 10.0 Å². The second kappa shape index (κ2) is 7.05. The standard InChI is InChI=1S/C18H24N8S/c1-25-11-13(9-22-25)15-10-21-18-17(20-6-7-26(15)18)23-16-8-14(24-27-16)12-2-4-19-5-3-12/h6-9,12-13,15,19H,2-5,10-11H2,1H3,(H,20,23). The van der Waals surface area contributed by atoms with E-state index in [1.165, 1.54) is 17.2 Å². The predicted molar refractivity (Wildman–Crippen MR) is 110 cm³/mol. The Kier molecular flexibility index (Phi) is 4.41. The van der Waals surface area contributed by atoms with E-state index >= 15 is 0 Å². The van der Waals surface area contributed by atoms with E-state index in [9.17, 15) is 0 Å². The molecule has 1 fully saturated rings. The van der Waals surface area contributed by atoms with Crippen LogP contribution in [0.5, 0.6) is 0 Å². The molecule has 2 N–H and O–H groups in total. The number of hydrogen-bond donors (Lipinski definition) is 2. The Morgan fingerprint density at radius 1 is 1.30 bits per heavy atom. The Morgan fingerprint density at radius 3 is 3.00 bits per heavy atom. The molecule has 0 radical (unpaired) electrons. The molecule has 4 aliphatic heterocycles. The number of amidine groups is 2. The summed E-state index contributed by atoms with van der Waals surface area (Å²) in [7, 11) is 2.01. The maximum absolute atomic E-state index is 4.78. The quantitative estimate of drug-likeness (QED) is 0.826. The molecule has 0 saturated carbocycles. The van der Waals surface area contributed by atoms with Crippen molar-refractivity contribution in [1.82, 2.24) is 19.6 Å². The minimum atomic E-state index is 0.309. The van der Waals surface area contributed by atoms with Gasteiger partial charge in [0.15, 0.2) is 11.7 Å². The molecule has 8 nitrogen and oxygen atoms in total. The highest BCUT2D eigenvalue weighted by Gasteiger charge is 2.37. The average molecular weight is 385 g/mol. The molecule has 27 heavy (non-hydrogen) atoms. The lowest BCUT2D eigenvalue weighted by atomic mass is 9.95. The summed E-state index contributed by atoms with van der Waals surface area (Å²) in [4.78, 5) is 11.6. The van der Waals surface area contributed by atoms with Crippen LogP contribution in [0.4, 0.5) is 5.00 Å². The summed E-state index contributed by atoms with van der Waals surface area (Å²) in [5, 5.41) is 14.3. The zero-order valence-electron chi connectivity index (χ0n) is 15.4. The molecule has 2 unspecified atom stereocenters. The van der Waals surface area contributed by atoms with Crippen molar-refractivity contribution in [2.45, 2.75) is 24.8 Å². The molecular formula is C18H24N8S. The third kappa shape index (κ3) is 3.25. The highest BCUT2D eigenvalue weighted by Crippen LogP contribution is 2.30. The lowest BCUT2D eigenvalue weighted by Gasteiger charge is -2.29. The summed E-state index contributed by atoms with van der Waals surface area (Å²) in [6.07, 6.45) is 8.24. The van der Waals surface area contributed by atoms with Crippen LogP contribution in [-0.2, 0) is 0 Å². The van der Waals surface area contributed by atoms with Crippen LogP contribution in [-0.4, -0.2) is 71.4 Å². The third-order valence-electron chi connectivity index (χ3n) is 5.62. The van der Waals surface area contributed by atoms with Gasteiger partial charge < -0.3 is 15.5 Å². The number of rotatable bonds is 3. The number of hydrazone groups is 1. The Morgan fingerprint density at radius 2 is 2.19 bits per heavy atom. The molecule has 4 aliphatic rings. The van der Waals surface area contributed by atoms with Crippen molar-refractivity contribution < 1.29 is 0 Å². The summed E-state index contributed by atoms with van der Waals surface area (Å²) in [5.41, 5.74) is 1.20. The fourth-order valence-corrected chi connectivity index (χ4v) is 4.87. The Balaban J connectivity index is 1.28. The van der Waals surface area contributed by atoms with Crippen molar-refractivity contribution >= 4 is 34.4 Å². The highest BCUT2D eigenvalue weighted by molar-refractivity contribution is 7.10. The first-order valence-corrected chi connectivity index (χ1v) is 10.3. The fraction of sp³-hybridized carbons (Fsp3) is 0.556. The molecule has 5 heterocycles. The van der Waals surface area contributed by atoms with Crippen molar-refractivity contribution in [3.63, 3.8) is 0 Å². The Bertz CT molecular complexity index is 819. The van der Waals surface area contributed by atoms with Gasteiger partial charge in [-0.15, -0.1) is 0 Å². The van der Waals surface area contributed by atoms with Gasteiger partial charge in [0.25, 0.3) is 0 Å². The molecule has 0 bridgehead atoms. The molecule has 9 heteroatoms. The van der Waals surface area contributed by atoms with Gasteiger partial charge in [0.1, 0.15) is 5.00 Å². The number of hydrogen-bond acceptors (Lipinski definition) is 9. The number of fused-ring (bicyclic) bond motifs is 1. The van der Waals surface area contributed by atoms with Gasteiger partial charge in [0.05, 0.1) is 18.3 Å². The van der Waals surface area contributed by atoms with Crippen LogP contribution in [0.1, 0.15) is 24.5 Å². The van der Waals surface area contributed by atoms with Gasteiger partial charge in [0.2, 0.25) is 0 Å². The van der Waals surface area contributed by atoms with Crippen molar-refractivity contribution in [2.24, 2.45) is 21.0 Å². The van der Waals surface area contributed by atoms with Crippen LogP contribution in [0, 0.1) is 5.92 Å². The van der Waals surface area contributed by atoms with Crippen molar-refractivity contribution in [3.05, 3.63) is 24.2 Å². The predicted octanol–water partition coefficient (Wildman–Crippen LogP) is 1.54. The third-order valence-corrected chi connectivity index (χ3v) is 6.34. The molecule has 1 saturated heterocycles. The SMILES string of the molecule is CN1CC(C2CN=C3C(Nc4cc(C5CCNCC5)ns4)=NC=CN32)C=N1. The number of anilines is 1. The van der Waals surface area contributed by atoms with Crippen LogP contribution in [0.2, 0.25) is 0 Å². The first-order valence-electron chi connectivity index (χ1n) is 9.55. The lowest BCUT2D eigenvalue weighted by molar-refractivity contribution is 0.299. The minimum absolute atomic E-state index is 0.309. The van der Waals surface area contributed by atoms with E-state index in [0.717, 1.165) is 55.7 Å². The van der Waals surface area contributed by atoms with E-state index in [2.05, 4.69) is 36.1 Å². The topological polar surface area (TPSA) is 80.5 Å². The summed E-state index contributed by atoms with van der Waals surface area (Å²) < 4.78 is 4.68. The molecule has 1 aromatic rings. The van der Waals surface area contributed by atoms with Crippen molar-refractivity contribution in [3.8, 4) is 0 Å². The van der Waals surface area contributed by atoms with Crippen molar-refractivity contribution in [2.75, 3.05) is 38.5 Å². The van der Waals surface area contributed by atoms with Crippen LogP contribution in [0.3, 0.4) is 0 Å². The van der Waals surface area contributed by atoms with Crippen LogP contribution in [0.15, 0.2) is 33.6 Å². The average Bonchev–Trinajstić information content (AvgIpc) is 3.42. The van der Waals surface area contributed by atoms with Gasteiger partial charge in [0, 0.05) is 44.0 Å². The smallest absolute Gasteiger partial charge is 0.174 e. The zero-order chi connectivity index (χ0) is 18.2. The van der Waals surface area contributed by atoms with E-state index in [1.54, 1.807) is 0 Å². The largest absolute Gasteiger partial charge is 0.328 e. The van der Waals surface area contributed by atoms with E-state index in [0.29, 0.717) is 17.9 Å². The van der Waals surface area contributed by atoms with Crippen molar-refractivity contribution in [1.29, 1.82) is 0 Å². The number of piperidine rings is 1. The van der Waals surface area contributed by atoms with E-state index in [-0.39, 0.29) is 0 Å². The molecule has 0 amide bonds. The first-order chi connectivity index (χ1) is 13.3. The summed E-state index contributed by atoms with van der Waals surface area (Å²) in [5.74, 6) is 2.68. The summed E-state index contributed by atoms with van der Waals surface area (Å²) in [6, 6.07) is 2.49. The van der Waals surface area contributed by atoms with Crippen LogP contribution in [0.25, 0.3) is 0 Å². The molecule has 0 spiro atoms. The maximum atomic E-state index is 4.78.